The molecule has 0 aromatic heterocycles. The quantitative estimate of drug-likeness (QED) is 0.766. The van der Waals surface area contributed by atoms with Crippen LogP contribution in [0.15, 0.2) is 24.3 Å². The van der Waals surface area contributed by atoms with E-state index in [0.29, 0.717) is 13.0 Å². The van der Waals surface area contributed by atoms with Crippen molar-refractivity contribution in [2.45, 2.75) is 46.1 Å². The third-order valence-electron chi connectivity index (χ3n) is 3.63. The van der Waals surface area contributed by atoms with Gasteiger partial charge in [-0.15, -0.1) is 0 Å². The van der Waals surface area contributed by atoms with Crippen LogP contribution in [0, 0.1) is 5.92 Å². The number of nitrogens with zero attached hydrogens (tertiary/aromatic N) is 1. The SMILES string of the molecule is C[C@@H]1CC(=O)N(Cc2ccc(C(C)(C)C)cc2)C1=O. The van der Waals surface area contributed by atoms with Crippen molar-refractivity contribution in [1.82, 2.24) is 4.90 Å². The summed E-state index contributed by atoms with van der Waals surface area (Å²) >= 11 is 0. The minimum absolute atomic E-state index is 0.0510. The minimum Gasteiger partial charge on any atom is -0.278 e. The fraction of sp³-hybridized carbons (Fsp3) is 0.500. The number of hydrogen-bond donors (Lipinski definition) is 0. The molecule has 0 bridgehead atoms. The van der Waals surface area contributed by atoms with Gasteiger partial charge in [0.15, 0.2) is 0 Å². The summed E-state index contributed by atoms with van der Waals surface area (Å²) in [6, 6.07) is 8.15. The van der Waals surface area contributed by atoms with Crippen LogP contribution in [0.25, 0.3) is 0 Å². The molecular formula is C16H21NO2. The maximum atomic E-state index is 11.9. The van der Waals surface area contributed by atoms with E-state index in [1.807, 2.05) is 19.1 Å². The zero-order valence-electron chi connectivity index (χ0n) is 12.1. The van der Waals surface area contributed by atoms with Gasteiger partial charge < -0.3 is 0 Å². The molecule has 1 aliphatic rings. The van der Waals surface area contributed by atoms with E-state index in [1.54, 1.807) is 0 Å². The van der Waals surface area contributed by atoms with Gasteiger partial charge >= 0.3 is 0 Å². The summed E-state index contributed by atoms with van der Waals surface area (Å²) in [6.07, 6.45) is 0.346. The fourth-order valence-corrected chi connectivity index (χ4v) is 2.31. The van der Waals surface area contributed by atoms with Crippen molar-refractivity contribution in [3.05, 3.63) is 35.4 Å². The summed E-state index contributed by atoms with van der Waals surface area (Å²) < 4.78 is 0. The van der Waals surface area contributed by atoms with Crippen molar-refractivity contribution in [1.29, 1.82) is 0 Å². The molecular weight excluding hydrogens is 238 g/mol. The smallest absolute Gasteiger partial charge is 0.232 e. The Morgan fingerprint density at radius 1 is 1.16 bits per heavy atom. The van der Waals surface area contributed by atoms with E-state index in [2.05, 4.69) is 32.9 Å². The first-order chi connectivity index (χ1) is 8.79. The molecule has 0 aliphatic carbocycles. The zero-order chi connectivity index (χ0) is 14.2. The van der Waals surface area contributed by atoms with Crippen LogP contribution in [0.2, 0.25) is 0 Å². The second-order valence-corrected chi connectivity index (χ2v) is 6.37. The lowest BCUT2D eigenvalue weighted by molar-refractivity contribution is -0.139. The van der Waals surface area contributed by atoms with Gasteiger partial charge in [-0.05, 0) is 16.5 Å². The molecule has 0 radical (unpaired) electrons. The van der Waals surface area contributed by atoms with Crippen molar-refractivity contribution in [3.8, 4) is 0 Å². The van der Waals surface area contributed by atoms with Gasteiger partial charge in [-0.2, -0.15) is 0 Å². The van der Waals surface area contributed by atoms with Crippen molar-refractivity contribution in [2.75, 3.05) is 0 Å². The normalized spacial score (nSPS) is 20.2. The van der Waals surface area contributed by atoms with Gasteiger partial charge in [-0.1, -0.05) is 52.0 Å². The van der Waals surface area contributed by atoms with E-state index in [1.165, 1.54) is 10.5 Å². The largest absolute Gasteiger partial charge is 0.278 e. The van der Waals surface area contributed by atoms with E-state index in [-0.39, 0.29) is 23.1 Å². The highest BCUT2D eigenvalue weighted by Gasteiger charge is 2.35. The van der Waals surface area contributed by atoms with Crippen molar-refractivity contribution in [3.63, 3.8) is 0 Å². The molecule has 1 saturated heterocycles. The fourth-order valence-electron chi connectivity index (χ4n) is 2.31. The van der Waals surface area contributed by atoms with Crippen molar-refractivity contribution < 1.29 is 9.59 Å². The number of imide groups is 1. The highest BCUT2D eigenvalue weighted by Crippen LogP contribution is 2.24. The number of amides is 2. The number of benzene rings is 1. The van der Waals surface area contributed by atoms with Gasteiger partial charge in [-0.25, -0.2) is 0 Å². The number of carbonyl (C=O) groups excluding carboxylic acids is 2. The average molecular weight is 259 g/mol. The first-order valence-electron chi connectivity index (χ1n) is 6.72. The van der Waals surface area contributed by atoms with Crippen molar-refractivity contribution in [2.24, 2.45) is 5.92 Å². The highest BCUT2D eigenvalue weighted by molar-refractivity contribution is 6.03. The average Bonchev–Trinajstić information content (AvgIpc) is 2.56. The van der Waals surface area contributed by atoms with Crippen LogP contribution in [0.3, 0.4) is 0 Å². The van der Waals surface area contributed by atoms with Crippen LogP contribution in [0.5, 0.6) is 0 Å². The molecule has 0 saturated carbocycles. The molecule has 0 unspecified atom stereocenters. The van der Waals surface area contributed by atoms with Crippen LogP contribution in [-0.2, 0) is 21.5 Å². The number of rotatable bonds is 2. The van der Waals surface area contributed by atoms with Crippen molar-refractivity contribution >= 4 is 11.8 Å². The molecule has 1 atom stereocenters. The molecule has 3 nitrogen and oxygen atoms in total. The second-order valence-electron chi connectivity index (χ2n) is 6.37. The first-order valence-corrected chi connectivity index (χ1v) is 6.72. The zero-order valence-corrected chi connectivity index (χ0v) is 12.1. The molecule has 1 aliphatic heterocycles. The van der Waals surface area contributed by atoms with Gasteiger partial charge in [0.1, 0.15) is 0 Å². The van der Waals surface area contributed by atoms with Gasteiger partial charge in [0.05, 0.1) is 6.54 Å². The summed E-state index contributed by atoms with van der Waals surface area (Å²) in [7, 11) is 0. The number of carbonyl (C=O) groups is 2. The molecule has 2 amide bonds. The van der Waals surface area contributed by atoms with Gasteiger partial charge in [-0.3, -0.25) is 14.5 Å². The Balaban J connectivity index is 2.12. The van der Waals surface area contributed by atoms with E-state index in [0.717, 1.165) is 5.56 Å². The van der Waals surface area contributed by atoms with E-state index >= 15 is 0 Å². The van der Waals surface area contributed by atoms with E-state index in [9.17, 15) is 9.59 Å². The summed E-state index contributed by atoms with van der Waals surface area (Å²) in [4.78, 5) is 25.0. The Kier molecular flexibility index (Phi) is 3.48. The Labute approximate surface area is 114 Å². The Morgan fingerprint density at radius 2 is 1.74 bits per heavy atom. The summed E-state index contributed by atoms with van der Waals surface area (Å²) in [5, 5.41) is 0. The van der Waals surface area contributed by atoms with Gasteiger partial charge in [0.25, 0.3) is 0 Å². The van der Waals surface area contributed by atoms with Crippen LogP contribution in [0.1, 0.15) is 45.2 Å². The van der Waals surface area contributed by atoms with Crippen LogP contribution >= 0.6 is 0 Å². The van der Waals surface area contributed by atoms with Crippen LogP contribution < -0.4 is 0 Å². The molecule has 0 spiro atoms. The Bertz CT molecular complexity index is 496. The Morgan fingerprint density at radius 3 is 2.16 bits per heavy atom. The number of likely N-dealkylation sites (tertiary alicyclic amines) is 1. The number of hydrogen-bond acceptors (Lipinski definition) is 2. The molecule has 0 N–H and O–H groups in total. The molecule has 1 aromatic rings. The summed E-state index contributed by atoms with van der Waals surface area (Å²) in [5.41, 5.74) is 2.37. The predicted molar refractivity (Wildman–Crippen MR) is 74.5 cm³/mol. The summed E-state index contributed by atoms with van der Waals surface area (Å²) in [5.74, 6) is -0.274. The maximum Gasteiger partial charge on any atom is 0.232 e. The lowest BCUT2D eigenvalue weighted by Gasteiger charge is -2.20. The lowest BCUT2D eigenvalue weighted by atomic mass is 9.87. The highest BCUT2D eigenvalue weighted by atomic mass is 16.2. The molecule has 1 heterocycles. The molecule has 2 rings (SSSR count). The molecule has 19 heavy (non-hydrogen) atoms. The molecule has 1 fully saturated rings. The third kappa shape index (κ3) is 2.86. The predicted octanol–water partition coefficient (Wildman–Crippen LogP) is 2.88. The van der Waals surface area contributed by atoms with Gasteiger partial charge in [0.2, 0.25) is 11.8 Å². The van der Waals surface area contributed by atoms with Crippen LogP contribution in [-0.4, -0.2) is 16.7 Å². The summed E-state index contributed by atoms with van der Waals surface area (Å²) in [6.45, 7) is 8.70. The topological polar surface area (TPSA) is 37.4 Å². The van der Waals surface area contributed by atoms with Crippen LogP contribution in [0.4, 0.5) is 0 Å². The maximum absolute atomic E-state index is 11.9. The second kappa shape index (κ2) is 4.80. The molecule has 1 aromatic carbocycles. The molecule has 102 valence electrons. The first kappa shape index (κ1) is 13.8. The van der Waals surface area contributed by atoms with E-state index in [4.69, 9.17) is 0 Å². The van der Waals surface area contributed by atoms with Gasteiger partial charge in [0, 0.05) is 12.3 Å². The van der Waals surface area contributed by atoms with E-state index < -0.39 is 0 Å². The standard InChI is InChI=1S/C16H21NO2/c1-11-9-14(18)17(15(11)19)10-12-5-7-13(8-6-12)16(2,3)4/h5-8,11H,9-10H2,1-4H3/t11-/m1/s1. The minimum atomic E-state index is -0.165. The molecule has 3 heteroatoms. The Hall–Kier alpha value is -1.64. The monoisotopic (exact) mass is 259 g/mol. The lowest BCUT2D eigenvalue weighted by Crippen LogP contribution is -2.29. The third-order valence-corrected chi connectivity index (χ3v) is 3.63.